The Labute approximate surface area is 218 Å². The number of hydrogen-bond acceptors (Lipinski definition) is 8. The van der Waals surface area contributed by atoms with Crippen LogP contribution in [0.2, 0.25) is 0 Å². The fraction of sp³-hybridized carbons (Fsp3) is 0.923. The highest BCUT2D eigenvalue weighted by Gasteiger charge is 2.25. The molecule has 0 aromatic carbocycles. The van der Waals surface area contributed by atoms with Crippen LogP contribution in [0.3, 0.4) is 0 Å². The number of esters is 2. The van der Waals surface area contributed by atoms with Crippen LogP contribution in [0.25, 0.3) is 0 Å². The highest BCUT2D eigenvalue weighted by molar-refractivity contribution is 7.47. The van der Waals surface area contributed by atoms with Crippen molar-refractivity contribution in [1.82, 2.24) is 0 Å². The van der Waals surface area contributed by atoms with Gasteiger partial charge in [-0.25, -0.2) is 4.57 Å². The molecule has 0 fully saturated rings. The van der Waals surface area contributed by atoms with E-state index in [2.05, 4.69) is 11.4 Å². The molecule has 0 heterocycles. The highest BCUT2D eigenvalue weighted by Crippen LogP contribution is 2.43. The first-order valence-electron chi connectivity index (χ1n) is 14.0. The van der Waals surface area contributed by atoms with Gasteiger partial charge in [-0.15, -0.1) is 0 Å². The molecule has 0 rings (SSSR count). The first-order valence-corrected chi connectivity index (χ1v) is 15.5. The molecule has 0 aromatic heterocycles. The van der Waals surface area contributed by atoms with E-state index in [0.717, 1.165) is 32.1 Å². The summed E-state index contributed by atoms with van der Waals surface area (Å²) in [6.07, 6.45) is 16.6. The second-order valence-corrected chi connectivity index (χ2v) is 10.7. The predicted octanol–water partition coefficient (Wildman–Crippen LogP) is 6.21. The van der Waals surface area contributed by atoms with E-state index >= 15 is 0 Å². The number of nitrogens with two attached hydrogens (primary N) is 1. The molecular weight excluding hydrogens is 485 g/mol. The number of unbranched alkanes of at least 4 members (excludes halogenated alkanes) is 13. The quantitative estimate of drug-likeness (QED) is 0.0750. The van der Waals surface area contributed by atoms with Crippen LogP contribution in [0.1, 0.15) is 123 Å². The van der Waals surface area contributed by atoms with Gasteiger partial charge in [0.05, 0.1) is 13.2 Å². The Morgan fingerprint density at radius 1 is 0.722 bits per heavy atom. The molecule has 0 amide bonds. The second kappa shape index (κ2) is 24.4. The summed E-state index contributed by atoms with van der Waals surface area (Å²) >= 11 is 0. The second-order valence-electron chi connectivity index (χ2n) is 9.28. The monoisotopic (exact) mass is 537 g/mol. The normalized spacial score (nSPS) is 13.8. The molecule has 0 radical (unpaired) electrons. The van der Waals surface area contributed by atoms with E-state index in [-0.39, 0.29) is 38.6 Å². The van der Waals surface area contributed by atoms with Gasteiger partial charge in [0.25, 0.3) is 0 Å². The molecule has 3 N–H and O–H groups in total. The maximum atomic E-state index is 12.1. The molecule has 0 aliphatic heterocycles. The first kappa shape index (κ1) is 35.0. The van der Waals surface area contributed by atoms with Crippen molar-refractivity contribution in [1.29, 1.82) is 0 Å². The van der Waals surface area contributed by atoms with Crippen LogP contribution in [0.5, 0.6) is 0 Å². The average molecular weight is 538 g/mol. The van der Waals surface area contributed by atoms with Crippen LogP contribution in [-0.4, -0.2) is 49.3 Å². The fourth-order valence-electron chi connectivity index (χ4n) is 3.63. The molecule has 214 valence electrons. The molecule has 0 saturated heterocycles. The zero-order valence-corrected chi connectivity index (χ0v) is 23.7. The third-order valence-corrected chi connectivity index (χ3v) is 6.73. The van der Waals surface area contributed by atoms with Gasteiger partial charge >= 0.3 is 19.8 Å². The van der Waals surface area contributed by atoms with Crippen LogP contribution in [0.15, 0.2) is 0 Å². The Hall–Kier alpha value is -0.990. The predicted molar refractivity (Wildman–Crippen MR) is 141 cm³/mol. The fourth-order valence-corrected chi connectivity index (χ4v) is 4.40. The van der Waals surface area contributed by atoms with E-state index < -0.39 is 26.5 Å². The lowest BCUT2D eigenvalue weighted by Gasteiger charge is -2.19. The van der Waals surface area contributed by atoms with E-state index in [9.17, 15) is 19.0 Å². The molecule has 36 heavy (non-hydrogen) atoms. The maximum Gasteiger partial charge on any atom is 0.472 e. The molecule has 0 aliphatic carbocycles. The average Bonchev–Trinajstić information content (AvgIpc) is 2.85. The standard InChI is InChI=1S/C26H52NO8P/c1-3-5-7-8-9-10-11-12-13-14-15-17-18-25(28)32-22-24(35-26(29)19-16-6-4-2)23-34-36(30,31)33-21-20-27/h24H,3-23,27H2,1-2H3,(H,30,31)/t24-/m0/s1. The third-order valence-electron chi connectivity index (χ3n) is 5.74. The van der Waals surface area contributed by atoms with Crippen molar-refractivity contribution < 1.29 is 37.6 Å². The lowest BCUT2D eigenvalue weighted by Crippen LogP contribution is -2.29. The van der Waals surface area contributed by atoms with Gasteiger partial charge < -0.3 is 20.1 Å². The van der Waals surface area contributed by atoms with Gasteiger partial charge in [-0.1, -0.05) is 97.3 Å². The van der Waals surface area contributed by atoms with Crippen LogP contribution >= 0.6 is 7.82 Å². The lowest BCUT2D eigenvalue weighted by atomic mass is 10.0. The molecule has 0 saturated carbocycles. The SMILES string of the molecule is CCCCCCCCCCCCCCC(=O)OC[C@@H](COP(=O)(O)OCCN)OC(=O)CCCCC. The summed E-state index contributed by atoms with van der Waals surface area (Å²) in [5.41, 5.74) is 5.26. The Morgan fingerprint density at radius 2 is 1.19 bits per heavy atom. The van der Waals surface area contributed by atoms with Crippen LogP contribution in [0.4, 0.5) is 0 Å². The van der Waals surface area contributed by atoms with Gasteiger partial charge in [-0.2, -0.15) is 0 Å². The van der Waals surface area contributed by atoms with Gasteiger partial charge in [0.1, 0.15) is 6.61 Å². The van der Waals surface area contributed by atoms with Crippen molar-refractivity contribution in [2.75, 3.05) is 26.4 Å². The number of phosphoric acid groups is 1. The Morgan fingerprint density at radius 3 is 1.75 bits per heavy atom. The summed E-state index contributed by atoms with van der Waals surface area (Å²) in [4.78, 5) is 33.9. The number of carbonyl (C=O) groups excluding carboxylic acids is 2. The number of hydrogen-bond donors (Lipinski definition) is 2. The van der Waals surface area contributed by atoms with Crippen molar-refractivity contribution in [3.63, 3.8) is 0 Å². The molecule has 0 spiro atoms. The summed E-state index contributed by atoms with van der Waals surface area (Å²) < 4.78 is 32.0. The number of rotatable bonds is 26. The van der Waals surface area contributed by atoms with Gasteiger partial charge in [0, 0.05) is 19.4 Å². The van der Waals surface area contributed by atoms with Crippen LogP contribution < -0.4 is 5.73 Å². The molecular formula is C26H52NO8P. The number of carbonyl (C=O) groups is 2. The summed E-state index contributed by atoms with van der Waals surface area (Å²) in [6.45, 7) is 3.50. The Bertz CT molecular complexity index is 590. The van der Waals surface area contributed by atoms with Gasteiger partial charge in [-0.3, -0.25) is 18.6 Å². The van der Waals surface area contributed by atoms with E-state index in [4.69, 9.17) is 19.7 Å². The molecule has 0 aromatic rings. The van der Waals surface area contributed by atoms with Gasteiger partial charge in [0.15, 0.2) is 6.10 Å². The summed E-state index contributed by atoms with van der Waals surface area (Å²) in [5, 5.41) is 0. The molecule has 2 atom stereocenters. The lowest BCUT2D eigenvalue weighted by molar-refractivity contribution is -0.161. The molecule has 10 heteroatoms. The van der Waals surface area contributed by atoms with Crippen molar-refractivity contribution in [3.05, 3.63) is 0 Å². The van der Waals surface area contributed by atoms with E-state index in [1.807, 2.05) is 6.92 Å². The van der Waals surface area contributed by atoms with Crippen molar-refractivity contribution in [2.45, 2.75) is 129 Å². The Balaban J connectivity index is 4.15. The molecule has 9 nitrogen and oxygen atoms in total. The summed E-state index contributed by atoms with van der Waals surface area (Å²) in [5.74, 6) is -0.856. The smallest absolute Gasteiger partial charge is 0.462 e. The minimum atomic E-state index is -4.33. The zero-order chi connectivity index (χ0) is 26.9. The van der Waals surface area contributed by atoms with Crippen molar-refractivity contribution in [2.24, 2.45) is 5.73 Å². The summed E-state index contributed by atoms with van der Waals surface area (Å²) in [6, 6.07) is 0. The topological polar surface area (TPSA) is 134 Å². The minimum Gasteiger partial charge on any atom is -0.462 e. The Kier molecular flexibility index (Phi) is 23.7. The van der Waals surface area contributed by atoms with E-state index in [0.29, 0.717) is 6.42 Å². The molecule has 0 bridgehead atoms. The largest absolute Gasteiger partial charge is 0.472 e. The molecule has 0 aliphatic rings. The number of phosphoric ester groups is 1. The van der Waals surface area contributed by atoms with E-state index in [1.54, 1.807) is 0 Å². The summed E-state index contributed by atoms with van der Waals surface area (Å²) in [7, 11) is -4.33. The van der Waals surface area contributed by atoms with Crippen LogP contribution in [0, 0.1) is 0 Å². The van der Waals surface area contributed by atoms with Gasteiger partial charge in [0.2, 0.25) is 0 Å². The van der Waals surface area contributed by atoms with Crippen LogP contribution in [-0.2, 0) is 32.7 Å². The van der Waals surface area contributed by atoms with Gasteiger partial charge in [-0.05, 0) is 12.8 Å². The maximum absolute atomic E-state index is 12.1. The minimum absolute atomic E-state index is 0.0560. The van der Waals surface area contributed by atoms with Crippen molar-refractivity contribution in [3.8, 4) is 0 Å². The van der Waals surface area contributed by atoms with E-state index in [1.165, 1.54) is 57.8 Å². The third kappa shape index (κ3) is 23.4. The molecule has 1 unspecified atom stereocenters. The zero-order valence-electron chi connectivity index (χ0n) is 22.8. The highest BCUT2D eigenvalue weighted by atomic mass is 31.2. The van der Waals surface area contributed by atoms with Crippen molar-refractivity contribution >= 4 is 19.8 Å². The number of ether oxygens (including phenoxy) is 2. The first-order chi connectivity index (χ1) is 17.3.